The number of anilines is 1. The van der Waals surface area contributed by atoms with Gasteiger partial charge in [0.25, 0.3) is 0 Å². The lowest BCUT2D eigenvalue weighted by molar-refractivity contribution is 0.318. The van der Waals surface area contributed by atoms with Gasteiger partial charge in [-0.1, -0.05) is 23.4 Å². The highest BCUT2D eigenvalue weighted by Gasteiger charge is 1.91. The Hall–Kier alpha value is -1.51. The average Bonchev–Trinajstić information content (AvgIpc) is 2.16. The summed E-state index contributed by atoms with van der Waals surface area (Å²) in [5.41, 5.74) is 1.69. The molecule has 3 nitrogen and oxygen atoms in total. The summed E-state index contributed by atoms with van der Waals surface area (Å²) < 4.78 is 0. The van der Waals surface area contributed by atoms with Crippen LogP contribution in [0.1, 0.15) is 6.92 Å². The van der Waals surface area contributed by atoms with Crippen LogP contribution in [0.25, 0.3) is 0 Å². The van der Waals surface area contributed by atoms with Gasteiger partial charge in [0.2, 0.25) is 0 Å². The fourth-order valence-electron chi connectivity index (χ4n) is 0.821. The van der Waals surface area contributed by atoms with E-state index >= 15 is 0 Å². The highest BCUT2D eigenvalue weighted by molar-refractivity contribution is 5.85. The van der Waals surface area contributed by atoms with E-state index in [0.29, 0.717) is 12.3 Å². The molecule has 0 atom stereocenters. The van der Waals surface area contributed by atoms with E-state index in [1.165, 1.54) is 0 Å². The number of hydrogen-bond donors (Lipinski definition) is 2. The minimum absolute atomic E-state index is 0.570. The molecule has 0 bridgehead atoms. The summed E-state index contributed by atoms with van der Waals surface area (Å²) in [7, 11) is 0. The number of benzene rings is 1. The van der Waals surface area contributed by atoms with E-state index < -0.39 is 0 Å². The van der Waals surface area contributed by atoms with Crippen molar-refractivity contribution in [1.82, 2.24) is 0 Å². The Kier molecular flexibility index (Phi) is 3.14. The lowest BCUT2D eigenvalue weighted by atomic mass is 10.3. The van der Waals surface area contributed by atoms with Gasteiger partial charge in [-0.2, -0.15) is 0 Å². The van der Waals surface area contributed by atoms with Crippen molar-refractivity contribution in [3.8, 4) is 0 Å². The molecule has 3 heteroatoms. The van der Waals surface area contributed by atoms with Crippen LogP contribution in [0.4, 0.5) is 5.69 Å². The van der Waals surface area contributed by atoms with E-state index in [1.54, 1.807) is 6.92 Å². The molecule has 1 aromatic carbocycles. The van der Waals surface area contributed by atoms with Crippen LogP contribution in [0.5, 0.6) is 0 Å². The fourth-order valence-corrected chi connectivity index (χ4v) is 0.821. The molecule has 0 saturated heterocycles. The van der Waals surface area contributed by atoms with Crippen LogP contribution in [0.15, 0.2) is 35.5 Å². The first-order chi connectivity index (χ1) is 5.83. The summed E-state index contributed by atoms with van der Waals surface area (Å²) in [6, 6.07) is 9.79. The molecule has 0 spiro atoms. The molecular formula is C9H12N2O. The summed E-state index contributed by atoms with van der Waals surface area (Å²) in [6.07, 6.45) is 0. The standard InChI is InChI=1S/C9H12N2O/c1-8(11-12)7-10-9-5-3-2-4-6-9/h2-6,10,12H,7H2,1H3. The molecule has 0 fully saturated rings. The van der Waals surface area contributed by atoms with Crippen molar-refractivity contribution in [2.45, 2.75) is 6.92 Å². The van der Waals surface area contributed by atoms with Crippen molar-refractivity contribution < 1.29 is 5.21 Å². The van der Waals surface area contributed by atoms with Crippen molar-refractivity contribution >= 4 is 11.4 Å². The minimum atomic E-state index is 0.570. The zero-order valence-electron chi connectivity index (χ0n) is 6.99. The van der Waals surface area contributed by atoms with Crippen LogP contribution in [0.2, 0.25) is 0 Å². The number of rotatable bonds is 3. The van der Waals surface area contributed by atoms with Crippen LogP contribution in [-0.2, 0) is 0 Å². The monoisotopic (exact) mass is 164 g/mol. The van der Waals surface area contributed by atoms with Gasteiger partial charge in [-0.25, -0.2) is 0 Å². The molecule has 1 aromatic rings. The maximum absolute atomic E-state index is 8.36. The van der Waals surface area contributed by atoms with Gasteiger partial charge < -0.3 is 10.5 Å². The van der Waals surface area contributed by atoms with Gasteiger partial charge in [0, 0.05) is 5.69 Å². The second-order valence-electron chi connectivity index (χ2n) is 2.55. The normalized spacial score (nSPS) is 11.2. The first kappa shape index (κ1) is 8.59. The van der Waals surface area contributed by atoms with Gasteiger partial charge in [0.05, 0.1) is 12.3 Å². The van der Waals surface area contributed by atoms with Crippen molar-refractivity contribution in [1.29, 1.82) is 0 Å². The zero-order chi connectivity index (χ0) is 8.81. The number of nitrogens with one attached hydrogen (secondary N) is 1. The number of hydrogen-bond acceptors (Lipinski definition) is 3. The second kappa shape index (κ2) is 4.38. The highest BCUT2D eigenvalue weighted by atomic mass is 16.4. The van der Waals surface area contributed by atoms with Gasteiger partial charge >= 0.3 is 0 Å². The van der Waals surface area contributed by atoms with Gasteiger partial charge in [-0.3, -0.25) is 0 Å². The Morgan fingerprint density at radius 1 is 1.42 bits per heavy atom. The Labute approximate surface area is 71.7 Å². The summed E-state index contributed by atoms with van der Waals surface area (Å²) >= 11 is 0. The second-order valence-corrected chi connectivity index (χ2v) is 2.55. The van der Waals surface area contributed by atoms with E-state index in [0.717, 1.165) is 5.69 Å². The third kappa shape index (κ3) is 2.62. The van der Waals surface area contributed by atoms with Gasteiger partial charge in [0.1, 0.15) is 0 Å². The summed E-state index contributed by atoms with van der Waals surface area (Å²) in [6.45, 7) is 2.33. The number of nitrogens with zero attached hydrogens (tertiary/aromatic N) is 1. The Bertz CT molecular complexity index is 256. The molecule has 1 rings (SSSR count). The molecule has 0 radical (unpaired) electrons. The van der Waals surface area contributed by atoms with E-state index in [4.69, 9.17) is 5.21 Å². The highest BCUT2D eigenvalue weighted by Crippen LogP contribution is 2.03. The SMILES string of the molecule is CC(CNc1ccccc1)=NO. The maximum atomic E-state index is 8.36. The van der Waals surface area contributed by atoms with Crippen molar-refractivity contribution in [3.63, 3.8) is 0 Å². The van der Waals surface area contributed by atoms with E-state index in [1.807, 2.05) is 30.3 Å². The predicted molar refractivity (Wildman–Crippen MR) is 49.8 cm³/mol. The smallest absolute Gasteiger partial charge is 0.0730 e. The molecule has 12 heavy (non-hydrogen) atoms. The zero-order valence-corrected chi connectivity index (χ0v) is 6.99. The number of para-hydroxylation sites is 1. The summed E-state index contributed by atoms with van der Waals surface area (Å²) in [5, 5.41) is 14.5. The summed E-state index contributed by atoms with van der Waals surface area (Å²) in [4.78, 5) is 0. The summed E-state index contributed by atoms with van der Waals surface area (Å²) in [5.74, 6) is 0. The van der Waals surface area contributed by atoms with E-state index in [9.17, 15) is 0 Å². The lowest BCUT2D eigenvalue weighted by Crippen LogP contribution is -2.09. The molecule has 0 saturated carbocycles. The fraction of sp³-hybridized carbons (Fsp3) is 0.222. The van der Waals surface area contributed by atoms with Gasteiger partial charge in [-0.15, -0.1) is 0 Å². The van der Waals surface area contributed by atoms with E-state index in [-0.39, 0.29) is 0 Å². The molecule has 0 aromatic heterocycles. The van der Waals surface area contributed by atoms with Crippen LogP contribution >= 0.6 is 0 Å². The van der Waals surface area contributed by atoms with Gasteiger partial charge in [-0.05, 0) is 19.1 Å². The molecule has 0 heterocycles. The topological polar surface area (TPSA) is 44.6 Å². The molecule has 0 aliphatic rings. The maximum Gasteiger partial charge on any atom is 0.0730 e. The van der Waals surface area contributed by atoms with Crippen LogP contribution < -0.4 is 5.32 Å². The van der Waals surface area contributed by atoms with Crippen LogP contribution in [-0.4, -0.2) is 17.5 Å². The molecule has 0 aliphatic carbocycles. The van der Waals surface area contributed by atoms with Crippen molar-refractivity contribution in [2.24, 2.45) is 5.16 Å². The first-order valence-corrected chi connectivity index (χ1v) is 3.79. The average molecular weight is 164 g/mol. The van der Waals surface area contributed by atoms with Crippen molar-refractivity contribution in [3.05, 3.63) is 30.3 Å². The number of oxime groups is 1. The van der Waals surface area contributed by atoms with E-state index in [2.05, 4.69) is 10.5 Å². The Morgan fingerprint density at radius 3 is 2.67 bits per heavy atom. The molecule has 0 aliphatic heterocycles. The third-order valence-corrected chi connectivity index (χ3v) is 1.49. The predicted octanol–water partition coefficient (Wildman–Crippen LogP) is 1.95. The third-order valence-electron chi connectivity index (χ3n) is 1.49. The molecule has 2 N–H and O–H groups in total. The van der Waals surface area contributed by atoms with Crippen LogP contribution in [0, 0.1) is 0 Å². The molecule has 64 valence electrons. The van der Waals surface area contributed by atoms with Gasteiger partial charge in [0.15, 0.2) is 0 Å². The van der Waals surface area contributed by atoms with Crippen LogP contribution in [0.3, 0.4) is 0 Å². The Balaban J connectivity index is 2.44. The largest absolute Gasteiger partial charge is 0.411 e. The lowest BCUT2D eigenvalue weighted by Gasteiger charge is -2.03. The molecule has 0 amide bonds. The quantitative estimate of drug-likeness (QED) is 0.407. The van der Waals surface area contributed by atoms with Crippen molar-refractivity contribution in [2.75, 3.05) is 11.9 Å². The minimum Gasteiger partial charge on any atom is -0.411 e. The molecule has 0 unspecified atom stereocenters. The Morgan fingerprint density at radius 2 is 2.08 bits per heavy atom. The molecular weight excluding hydrogens is 152 g/mol. The first-order valence-electron chi connectivity index (χ1n) is 3.79.